The monoisotopic (exact) mass is 473 g/mol. The van der Waals surface area contributed by atoms with Crippen molar-refractivity contribution in [3.05, 3.63) is 72.8 Å². The van der Waals surface area contributed by atoms with Crippen molar-refractivity contribution in [2.24, 2.45) is 0 Å². The van der Waals surface area contributed by atoms with E-state index in [2.05, 4.69) is 83.3 Å². The molecular formula is C22H18IO2S+. The highest BCUT2D eigenvalue weighted by atomic mass is 127. The van der Waals surface area contributed by atoms with Crippen molar-refractivity contribution in [2.45, 2.75) is 12.8 Å². The summed E-state index contributed by atoms with van der Waals surface area (Å²) >= 11 is 2.27. The molecule has 1 aromatic heterocycles. The molecule has 3 aromatic carbocycles. The SMILES string of the molecule is O=C(CCCI)Oc1ccc(-[s+]2c3ccccc3c3ccccc32)cc1. The minimum atomic E-state index is -0.159. The van der Waals surface area contributed by atoms with Gasteiger partial charge in [0.1, 0.15) is 5.75 Å². The van der Waals surface area contributed by atoms with Crippen molar-refractivity contribution < 1.29 is 9.53 Å². The van der Waals surface area contributed by atoms with Crippen LogP contribution in [-0.2, 0) is 4.79 Å². The summed E-state index contributed by atoms with van der Waals surface area (Å²) in [6.07, 6.45) is 1.32. The fourth-order valence-corrected chi connectivity index (χ4v) is 5.90. The molecule has 0 saturated carbocycles. The van der Waals surface area contributed by atoms with Crippen LogP contribution in [0.2, 0.25) is 0 Å². The van der Waals surface area contributed by atoms with E-state index in [1.807, 2.05) is 12.1 Å². The molecule has 0 amide bonds. The van der Waals surface area contributed by atoms with E-state index in [0.717, 1.165) is 10.8 Å². The average Bonchev–Trinajstić information content (AvgIpc) is 3.02. The van der Waals surface area contributed by atoms with Crippen molar-refractivity contribution in [3.63, 3.8) is 0 Å². The van der Waals surface area contributed by atoms with Crippen molar-refractivity contribution in [1.82, 2.24) is 0 Å². The maximum Gasteiger partial charge on any atom is 0.311 e. The topological polar surface area (TPSA) is 26.3 Å². The number of carbonyl (C=O) groups excluding carboxylic acids is 1. The van der Waals surface area contributed by atoms with Gasteiger partial charge < -0.3 is 4.74 Å². The Kier molecular flexibility index (Phi) is 5.22. The molecule has 2 nitrogen and oxygen atoms in total. The lowest BCUT2D eigenvalue weighted by Crippen LogP contribution is -2.07. The van der Waals surface area contributed by atoms with Crippen molar-refractivity contribution >= 4 is 59.2 Å². The molecular weight excluding hydrogens is 455 g/mol. The highest BCUT2D eigenvalue weighted by Crippen LogP contribution is 2.48. The van der Waals surface area contributed by atoms with Crippen molar-refractivity contribution in [3.8, 4) is 10.6 Å². The second-order valence-corrected chi connectivity index (χ2v) is 9.08. The predicted octanol–water partition coefficient (Wildman–Crippen LogP) is 6.85. The van der Waals surface area contributed by atoms with E-state index >= 15 is 0 Å². The molecule has 130 valence electrons. The first-order valence-electron chi connectivity index (χ1n) is 8.57. The van der Waals surface area contributed by atoms with Crippen LogP contribution in [0.3, 0.4) is 0 Å². The summed E-state index contributed by atoms with van der Waals surface area (Å²) in [7, 11) is -0.108. The second-order valence-electron chi connectivity index (χ2n) is 6.04. The number of thiophene rings is 1. The van der Waals surface area contributed by atoms with Crippen molar-refractivity contribution in [1.29, 1.82) is 0 Å². The maximum atomic E-state index is 11.8. The Hall–Kier alpha value is -1.92. The van der Waals surface area contributed by atoms with Gasteiger partial charge >= 0.3 is 5.97 Å². The molecule has 4 aromatic rings. The van der Waals surface area contributed by atoms with E-state index in [1.165, 1.54) is 25.1 Å². The molecule has 0 aliphatic heterocycles. The van der Waals surface area contributed by atoms with E-state index in [4.69, 9.17) is 4.74 Å². The largest absolute Gasteiger partial charge is 0.427 e. The van der Waals surface area contributed by atoms with Gasteiger partial charge in [-0.1, -0.05) is 46.9 Å². The summed E-state index contributed by atoms with van der Waals surface area (Å²) in [5.41, 5.74) is 0. The molecule has 0 radical (unpaired) electrons. The lowest BCUT2D eigenvalue weighted by Gasteiger charge is -2.03. The van der Waals surface area contributed by atoms with Gasteiger partial charge in [0, 0.05) is 44.2 Å². The normalized spacial score (nSPS) is 11.1. The maximum absolute atomic E-state index is 11.8. The molecule has 4 rings (SSSR count). The highest BCUT2D eigenvalue weighted by molar-refractivity contribution is 14.1. The first-order chi connectivity index (χ1) is 12.8. The zero-order valence-corrected chi connectivity index (χ0v) is 17.1. The number of rotatable bonds is 5. The second kappa shape index (κ2) is 7.76. The van der Waals surface area contributed by atoms with E-state index in [-0.39, 0.29) is 16.4 Å². The quantitative estimate of drug-likeness (QED) is 0.104. The fourth-order valence-electron chi connectivity index (χ4n) is 3.14. The van der Waals surface area contributed by atoms with Crippen LogP contribution in [0.15, 0.2) is 72.8 Å². The van der Waals surface area contributed by atoms with Gasteiger partial charge in [-0.15, -0.1) is 0 Å². The van der Waals surface area contributed by atoms with Gasteiger partial charge in [-0.05, 0) is 42.8 Å². The third kappa shape index (κ3) is 3.35. The molecule has 0 atom stereocenters. The van der Waals surface area contributed by atoms with E-state index in [9.17, 15) is 4.79 Å². The van der Waals surface area contributed by atoms with Gasteiger partial charge in [-0.2, -0.15) is 0 Å². The smallest absolute Gasteiger partial charge is 0.311 e. The first-order valence-corrected chi connectivity index (χ1v) is 11.3. The average molecular weight is 473 g/mol. The van der Waals surface area contributed by atoms with E-state index in [1.54, 1.807) is 0 Å². The number of benzene rings is 3. The third-order valence-corrected chi connectivity index (χ3v) is 7.41. The Labute approximate surface area is 168 Å². The molecule has 0 aliphatic carbocycles. The van der Waals surface area contributed by atoms with Crippen LogP contribution in [-0.4, -0.2) is 10.4 Å². The summed E-state index contributed by atoms with van der Waals surface area (Å²) in [6.45, 7) is 0. The summed E-state index contributed by atoms with van der Waals surface area (Å²) in [5.74, 6) is 0.463. The Balaban J connectivity index is 1.72. The lowest BCUT2D eigenvalue weighted by molar-refractivity contribution is -0.134. The molecule has 0 bridgehead atoms. The number of fused-ring (bicyclic) bond motifs is 3. The molecule has 0 N–H and O–H groups in total. The van der Waals surface area contributed by atoms with Crippen LogP contribution in [0, 0.1) is 0 Å². The molecule has 26 heavy (non-hydrogen) atoms. The Morgan fingerprint density at radius 1 is 0.846 bits per heavy atom. The van der Waals surface area contributed by atoms with Gasteiger partial charge in [-0.3, -0.25) is 4.79 Å². The third-order valence-electron chi connectivity index (χ3n) is 4.31. The van der Waals surface area contributed by atoms with Gasteiger partial charge in [0.2, 0.25) is 0 Å². The number of hydrogen-bond donors (Lipinski definition) is 0. The number of carbonyl (C=O) groups is 1. The number of hydrogen-bond acceptors (Lipinski definition) is 2. The Bertz CT molecular complexity index is 1010. The highest BCUT2D eigenvalue weighted by Gasteiger charge is 2.22. The summed E-state index contributed by atoms with van der Waals surface area (Å²) in [5, 5.41) is 2.64. The molecule has 1 heterocycles. The van der Waals surface area contributed by atoms with E-state index in [0.29, 0.717) is 12.2 Å². The minimum Gasteiger partial charge on any atom is -0.427 e. The Morgan fingerprint density at radius 2 is 1.42 bits per heavy atom. The molecule has 0 saturated heterocycles. The number of alkyl halides is 1. The van der Waals surface area contributed by atoms with Crippen molar-refractivity contribution in [2.75, 3.05) is 4.43 Å². The fraction of sp³-hybridized carbons (Fsp3) is 0.136. The van der Waals surface area contributed by atoms with Crippen LogP contribution in [0.4, 0.5) is 0 Å². The number of ether oxygens (including phenoxy) is 1. The number of halogens is 1. The van der Waals surface area contributed by atoms with Crippen LogP contribution in [0.5, 0.6) is 5.75 Å². The van der Waals surface area contributed by atoms with Crippen LogP contribution in [0.25, 0.3) is 25.1 Å². The number of esters is 1. The summed E-state index contributed by atoms with van der Waals surface area (Å²) in [6, 6.07) is 25.2. The molecule has 0 unspecified atom stereocenters. The predicted molar refractivity (Wildman–Crippen MR) is 119 cm³/mol. The molecule has 4 heteroatoms. The summed E-state index contributed by atoms with van der Waals surface area (Å²) < 4.78 is 9.12. The Morgan fingerprint density at radius 3 is 2.00 bits per heavy atom. The minimum absolute atomic E-state index is 0.108. The summed E-state index contributed by atoms with van der Waals surface area (Å²) in [4.78, 5) is 13.1. The van der Waals surface area contributed by atoms with Crippen LogP contribution in [0.1, 0.15) is 12.8 Å². The van der Waals surface area contributed by atoms with Gasteiger partial charge in [0.05, 0.1) is 0 Å². The van der Waals surface area contributed by atoms with Crippen LogP contribution >= 0.6 is 33.1 Å². The molecule has 0 aliphatic rings. The van der Waals surface area contributed by atoms with Gasteiger partial charge in [-0.25, -0.2) is 0 Å². The first kappa shape index (κ1) is 17.5. The zero-order chi connectivity index (χ0) is 17.9. The zero-order valence-electron chi connectivity index (χ0n) is 14.2. The van der Waals surface area contributed by atoms with Gasteiger partial charge in [0.25, 0.3) is 0 Å². The standard InChI is InChI=1S/C22H18IO2S/c23-15-5-10-22(24)25-16-11-13-17(14-12-16)26-20-8-3-1-6-18(20)19-7-2-4-9-21(19)26/h1-4,6-9,11-14H,5,10,15H2/q+1. The van der Waals surface area contributed by atoms with Gasteiger partial charge in [0.15, 0.2) is 14.3 Å². The van der Waals surface area contributed by atoms with E-state index < -0.39 is 0 Å². The molecule has 0 fully saturated rings. The molecule has 0 spiro atoms. The van der Waals surface area contributed by atoms with Crippen LogP contribution < -0.4 is 4.74 Å². The lowest BCUT2D eigenvalue weighted by atomic mass is 10.2.